The van der Waals surface area contributed by atoms with E-state index in [-0.39, 0.29) is 17.6 Å². The number of rotatable bonds is 2. The molecule has 1 aromatic rings. The van der Waals surface area contributed by atoms with Crippen LogP contribution in [0.2, 0.25) is 0 Å². The summed E-state index contributed by atoms with van der Waals surface area (Å²) < 4.78 is 0. The highest BCUT2D eigenvalue weighted by Crippen LogP contribution is 2.22. The van der Waals surface area contributed by atoms with Crippen LogP contribution < -0.4 is 5.32 Å². The van der Waals surface area contributed by atoms with Crippen molar-refractivity contribution in [2.45, 2.75) is 32.2 Å². The van der Waals surface area contributed by atoms with E-state index in [1.165, 1.54) is 6.92 Å². The van der Waals surface area contributed by atoms with Gasteiger partial charge < -0.3 is 10.4 Å². The number of aromatic carboxylic acids is 1. The maximum absolute atomic E-state index is 10.9. The summed E-state index contributed by atoms with van der Waals surface area (Å²) in [6.45, 7) is 1.48. The van der Waals surface area contributed by atoms with E-state index in [2.05, 4.69) is 15.5 Å². The molecule has 1 heterocycles. The van der Waals surface area contributed by atoms with Gasteiger partial charge in [-0.15, -0.1) is 0 Å². The lowest BCUT2D eigenvalue weighted by atomic mass is 9.92. The van der Waals surface area contributed by atoms with Crippen LogP contribution in [0.15, 0.2) is 0 Å². The molecule has 1 atom stereocenters. The molecule has 0 aliphatic heterocycles. The number of nitrogens with zero attached hydrogens (tertiary/aromatic N) is 1. The third-order valence-corrected chi connectivity index (χ3v) is 2.76. The Labute approximate surface area is 92.0 Å². The predicted molar refractivity (Wildman–Crippen MR) is 55.2 cm³/mol. The number of fused-ring (bicyclic) bond motifs is 1. The second-order valence-corrected chi connectivity index (χ2v) is 3.97. The largest absolute Gasteiger partial charge is 0.476 e. The van der Waals surface area contributed by atoms with Crippen molar-refractivity contribution in [1.82, 2.24) is 15.5 Å². The smallest absolute Gasteiger partial charge is 0.356 e. The Hall–Kier alpha value is -1.85. The first-order chi connectivity index (χ1) is 7.58. The predicted octanol–water partition coefficient (Wildman–Crippen LogP) is 0.101. The summed E-state index contributed by atoms with van der Waals surface area (Å²) in [7, 11) is 0. The molecule has 16 heavy (non-hydrogen) atoms. The minimum Gasteiger partial charge on any atom is -0.476 e. The van der Waals surface area contributed by atoms with Crippen molar-refractivity contribution in [1.29, 1.82) is 0 Å². The molecule has 1 aliphatic carbocycles. The number of hydrogen-bond donors (Lipinski definition) is 3. The van der Waals surface area contributed by atoms with E-state index in [0.29, 0.717) is 12.8 Å². The van der Waals surface area contributed by atoms with E-state index in [1.54, 1.807) is 0 Å². The average Bonchev–Trinajstić information content (AvgIpc) is 2.59. The van der Waals surface area contributed by atoms with Crippen LogP contribution in [0, 0.1) is 0 Å². The van der Waals surface area contributed by atoms with Gasteiger partial charge >= 0.3 is 5.97 Å². The number of amides is 1. The lowest BCUT2D eigenvalue weighted by molar-refractivity contribution is -0.119. The first-order valence-corrected chi connectivity index (χ1v) is 5.14. The highest BCUT2D eigenvalue weighted by molar-refractivity contribution is 5.87. The Balaban J connectivity index is 2.16. The molecule has 0 saturated heterocycles. The van der Waals surface area contributed by atoms with Crippen LogP contribution in [-0.4, -0.2) is 33.2 Å². The fourth-order valence-corrected chi connectivity index (χ4v) is 2.09. The molecule has 1 aromatic heterocycles. The third-order valence-electron chi connectivity index (χ3n) is 2.76. The molecule has 3 N–H and O–H groups in total. The third kappa shape index (κ3) is 1.91. The van der Waals surface area contributed by atoms with Gasteiger partial charge in [0.15, 0.2) is 5.69 Å². The van der Waals surface area contributed by atoms with Crippen molar-refractivity contribution >= 4 is 11.9 Å². The summed E-state index contributed by atoms with van der Waals surface area (Å²) in [6.07, 6.45) is 2.01. The number of hydrogen-bond acceptors (Lipinski definition) is 3. The highest BCUT2D eigenvalue weighted by atomic mass is 16.4. The first-order valence-electron chi connectivity index (χ1n) is 5.14. The molecule has 0 fully saturated rings. The summed E-state index contributed by atoms with van der Waals surface area (Å²) in [6, 6.07) is 0.0760. The Morgan fingerprint density at radius 2 is 2.31 bits per heavy atom. The van der Waals surface area contributed by atoms with Crippen LogP contribution in [-0.2, 0) is 17.6 Å². The second kappa shape index (κ2) is 3.96. The molecule has 0 aromatic carbocycles. The Kier molecular flexibility index (Phi) is 2.64. The molecular formula is C10H13N3O3. The molecule has 6 heteroatoms. The first kappa shape index (κ1) is 10.7. The maximum Gasteiger partial charge on any atom is 0.356 e. The number of H-pyrrole nitrogens is 1. The van der Waals surface area contributed by atoms with E-state index in [9.17, 15) is 9.59 Å². The zero-order valence-electron chi connectivity index (χ0n) is 8.91. The summed E-state index contributed by atoms with van der Waals surface area (Å²) >= 11 is 0. The van der Waals surface area contributed by atoms with Gasteiger partial charge in [-0.25, -0.2) is 4.79 Å². The van der Waals surface area contributed by atoms with Crippen molar-refractivity contribution in [3.05, 3.63) is 17.0 Å². The van der Waals surface area contributed by atoms with Gasteiger partial charge in [0.2, 0.25) is 5.91 Å². The van der Waals surface area contributed by atoms with Crippen molar-refractivity contribution in [3.8, 4) is 0 Å². The Morgan fingerprint density at radius 3 is 2.94 bits per heavy atom. The SMILES string of the molecule is CC(=O)NC1CCc2c(C(=O)O)n[nH]c2C1. The topological polar surface area (TPSA) is 95.1 Å². The maximum atomic E-state index is 10.9. The molecule has 2 rings (SSSR count). The van der Waals surface area contributed by atoms with E-state index in [0.717, 1.165) is 17.7 Å². The van der Waals surface area contributed by atoms with Crippen LogP contribution in [0.25, 0.3) is 0 Å². The Morgan fingerprint density at radius 1 is 1.56 bits per heavy atom. The fraction of sp³-hybridized carbons (Fsp3) is 0.500. The number of carbonyl (C=O) groups is 2. The Bertz CT molecular complexity index is 439. The molecule has 1 amide bonds. The van der Waals surface area contributed by atoms with Crippen molar-refractivity contribution in [2.75, 3.05) is 0 Å². The van der Waals surface area contributed by atoms with Gasteiger partial charge in [-0.05, 0) is 12.8 Å². The van der Waals surface area contributed by atoms with Gasteiger partial charge in [-0.2, -0.15) is 5.10 Å². The van der Waals surface area contributed by atoms with E-state index >= 15 is 0 Å². The van der Waals surface area contributed by atoms with Crippen molar-refractivity contribution < 1.29 is 14.7 Å². The molecular weight excluding hydrogens is 210 g/mol. The van der Waals surface area contributed by atoms with Gasteiger partial charge in [0.05, 0.1) is 0 Å². The summed E-state index contributed by atoms with van der Waals surface area (Å²) in [5, 5.41) is 18.2. The van der Waals surface area contributed by atoms with Crippen molar-refractivity contribution in [2.24, 2.45) is 0 Å². The molecule has 1 unspecified atom stereocenters. The summed E-state index contributed by atoms with van der Waals surface area (Å²) in [5.74, 6) is -1.07. The highest BCUT2D eigenvalue weighted by Gasteiger charge is 2.26. The number of carboxylic acids is 1. The summed E-state index contributed by atoms with van der Waals surface area (Å²) in [5.41, 5.74) is 1.70. The lowest BCUT2D eigenvalue weighted by Gasteiger charge is -2.22. The van der Waals surface area contributed by atoms with E-state index in [4.69, 9.17) is 5.11 Å². The quantitative estimate of drug-likeness (QED) is 0.662. The van der Waals surface area contributed by atoms with Crippen molar-refractivity contribution in [3.63, 3.8) is 0 Å². The average molecular weight is 223 g/mol. The lowest BCUT2D eigenvalue weighted by Crippen LogP contribution is -2.37. The van der Waals surface area contributed by atoms with Crippen LogP contribution in [0.5, 0.6) is 0 Å². The van der Waals surface area contributed by atoms with Gasteiger partial charge in [0.25, 0.3) is 0 Å². The van der Waals surface area contributed by atoms with E-state index < -0.39 is 5.97 Å². The molecule has 0 saturated carbocycles. The van der Waals surface area contributed by atoms with Gasteiger partial charge in [0.1, 0.15) is 0 Å². The monoisotopic (exact) mass is 223 g/mol. The minimum atomic E-state index is -1.00. The number of aromatic nitrogens is 2. The number of aromatic amines is 1. The normalized spacial score (nSPS) is 18.9. The zero-order chi connectivity index (χ0) is 11.7. The van der Waals surface area contributed by atoms with E-state index in [1.807, 2.05) is 0 Å². The second-order valence-electron chi connectivity index (χ2n) is 3.97. The molecule has 1 aliphatic rings. The fourth-order valence-electron chi connectivity index (χ4n) is 2.09. The standard InChI is InChI=1S/C10H13N3O3/c1-5(14)11-6-2-3-7-8(4-6)12-13-9(7)10(15)16/h6H,2-4H2,1H3,(H,11,14)(H,12,13)(H,15,16). The van der Waals surface area contributed by atoms with Crippen LogP contribution in [0.3, 0.4) is 0 Å². The minimum absolute atomic E-state index is 0.0635. The summed E-state index contributed by atoms with van der Waals surface area (Å²) in [4.78, 5) is 21.7. The molecule has 0 bridgehead atoms. The van der Waals surface area contributed by atoms with Gasteiger partial charge in [-0.1, -0.05) is 0 Å². The number of carbonyl (C=O) groups excluding carboxylic acids is 1. The van der Waals surface area contributed by atoms with Gasteiger partial charge in [-0.3, -0.25) is 9.89 Å². The van der Waals surface area contributed by atoms with Crippen LogP contribution in [0.4, 0.5) is 0 Å². The molecule has 86 valence electrons. The molecule has 6 nitrogen and oxygen atoms in total. The van der Waals surface area contributed by atoms with Gasteiger partial charge in [0, 0.05) is 30.6 Å². The van der Waals surface area contributed by atoms with Crippen LogP contribution in [0.1, 0.15) is 35.1 Å². The molecule has 0 radical (unpaired) electrons. The molecule has 0 spiro atoms. The zero-order valence-corrected chi connectivity index (χ0v) is 8.91. The number of carboxylic acid groups (broad SMARTS) is 1. The number of nitrogens with one attached hydrogen (secondary N) is 2. The van der Waals surface area contributed by atoms with Crippen LogP contribution >= 0.6 is 0 Å².